The number of halogens is 1. The summed E-state index contributed by atoms with van der Waals surface area (Å²) in [6.45, 7) is 2.43. The number of rotatable bonds is 5. The number of nitrogens with zero attached hydrogens (tertiary/aromatic N) is 2. The average molecular weight is 249 g/mol. The minimum atomic E-state index is -0.793. The van der Waals surface area contributed by atoms with Crippen molar-refractivity contribution in [2.75, 3.05) is 29.1 Å². The Labute approximate surface area is 95.9 Å². The first kappa shape index (κ1) is 12.2. The third-order valence-electron chi connectivity index (χ3n) is 1.76. The van der Waals surface area contributed by atoms with E-state index in [0.717, 1.165) is 0 Å². The van der Waals surface area contributed by atoms with Gasteiger partial charge < -0.3 is 11.1 Å². The lowest BCUT2D eigenvalue weighted by atomic mass is 10.5. The largest absolute Gasteiger partial charge is 0.382 e. The van der Waals surface area contributed by atoms with Crippen molar-refractivity contribution in [3.63, 3.8) is 0 Å². The van der Waals surface area contributed by atoms with Gasteiger partial charge in [-0.05, 0) is 0 Å². The van der Waals surface area contributed by atoms with Crippen molar-refractivity contribution < 1.29 is 4.21 Å². The van der Waals surface area contributed by atoms with Gasteiger partial charge in [-0.15, -0.1) is 0 Å². The molecule has 1 atom stereocenters. The molecule has 0 aliphatic carbocycles. The summed E-state index contributed by atoms with van der Waals surface area (Å²) in [5.41, 5.74) is 5.50. The quantitative estimate of drug-likeness (QED) is 0.809. The molecule has 0 saturated carbocycles. The van der Waals surface area contributed by atoms with Crippen LogP contribution in [0.15, 0.2) is 6.33 Å². The van der Waals surface area contributed by atoms with E-state index in [4.69, 9.17) is 17.3 Å². The lowest BCUT2D eigenvalue weighted by molar-refractivity contribution is 0.684. The zero-order valence-electron chi connectivity index (χ0n) is 8.36. The number of hydrogen-bond acceptors (Lipinski definition) is 5. The van der Waals surface area contributed by atoms with Crippen LogP contribution < -0.4 is 11.1 Å². The minimum Gasteiger partial charge on any atom is -0.382 e. The van der Waals surface area contributed by atoms with Gasteiger partial charge in [0, 0.05) is 28.9 Å². The molecule has 0 aromatic carbocycles. The monoisotopic (exact) mass is 248 g/mol. The Balaban J connectivity index is 2.51. The number of nitrogen functional groups attached to an aromatic ring is 1. The van der Waals surface area contributed by atoms with Crippen LogP contribution >= 0.6 is 11.6 Å². The van der Waals surface area contributed by atoms with Crippen molar-refractivity contribution in [2.45, 2.75) is 6.92 Å². The maximum Gasteiger partial charge on any atom is 0.150 e. The van der Waals surface area contributed by atoms with Crippen molar-refractivity contribution >= 4 is 34.0 Å². The molecule has 0 amide bonds. The van der Waals surface area contributed by atoms with E-state index in [1.54, 1.807) is 0 Å². The molecule has 1 heterocycles. The van der Waals surface area contributed by atoms with Gasteiger partial charge in [0.15, 0.2) is 0 Å². The number of nitrogens with two attached hydrogens (primary N) is 1. The van der Waals surface area contributed by atoms with E-state index in [9.17, 15) is 4.21 Å². The van der Waals surface area contributed by atoms with Crippen LogP contribution in [-0.4, -0.2) is 32.2 Å². The van der Waals surface area contributed by atoms with E-state index in [2.05, 4.69) is 15.3 Å². The molecule has 0 saturated heterocycles. The molecule has 0 aliphatic rings. The molecule has 0 bridgehead atoms. The summed E-state index contributed by atoms with van der Waals surface area (Å²) in [5.74, 6) is 1.95. The second kappa shape index (κ2) is 5.87. The molecular formula is C8H13ClN4OS. The highest BCUT2D eigenvalue weighted by Crippen LogP contribution is 2.22. The highest BCUT2D eigenvalue weighted by Gasteiger charge is 2.05. The molecule has 0 fully saturated rings. The lowest BCUT2D eigenvalue weighted by Gasteiger charge is -2.07. The van der Waals surface area contributed by atoms with Crippen molar-refractivity contribution in [1.29, 1.82) is 0 Å². The fourth-order valence-corrected chi connectivity index (χ4v) is 1.72. The molecule has 5 nitrogen and oxygen atoms in total. The highest BCUT2D eigenvalue weighted by atomic mass is 35.5. The van der Waals surface area contributed by atoms with E-state index >= 15 is 0 Å². The molecule has 3 N–H and O–H groups in total. The number of aromatic nitrogens is 2. The number of hydrogen-bond donors (Lipinski definition) is 2. The summed E-state index contributed by atoms with van der Waals surface area (Å²) in [5, 5.41) is 3.27. The maximum atomic E-state index is 11.1. The highest BCUT2D eigenvalue weighted by molar-refractivity contribution is 7.84. The summed E-state index contributed by atoms with van der Waals surface area (Å²) >= 11 is 5.85. The Hall–Kier alpha value is -0.880. The Morgan fingerprint density at radius 1 is 1.60 bits per heavy atom. The Bertz CT molecular complexity index is 360. The summed E-state index contributed by atoms with van der Waals surface area (Å²) in [6, 6.07) is 0. The van der Waals surface area contributed by atoms with E-state index in [1.807, 2.05) is 6.92 Å². The second-order valence-electron chi connectivity index (χ2n) is 2.78. The molecular weight excluding hydrogens is 236 g/mol. The Morgan fingerprint density at radius 2 is 2.33 bits per heavy atom. The van der Waals surface area contributed by atoms with Gasteiger partial charge in [-0.25, -0.2) is 9.97 Å². The normalized spacial score (nSPS) is 12.4. The van der Waals surface area contributed by atoms with Crippen molar-refractivity contribution in [1.82, 2.24) is 9.97 Å². The number of nitrogens with one attached hydrogen (secondary N) is 1. The Morgan fingerprint density at radius 3 is 3.00 bits per heavy atom. The predicted octanol–water partition coefficient (Wildman–Crippen LogP) is 0.893. The maximum absolute atomic E-state index is 11.1. The smallest absolute Gasteiger partial charge is 0.150 e. The van der Waals surface area contributed by atoms with Gasteiger partial charge in [-0.3, -0.25) is 4.21 Å². The zero-order chi connectivity index (χ0) is 11.3. The first-order chi connectivity index (χ1) is 7.15. The van der Waals surface area contributed by atoms with Gasteiger partial charge >= 0.3 is 0 Å². The first-order valence-electron chi connectivity index (χ1n) is 4.50. The van der Waals surface area contributed by atoms with E-state index in [1.165, 1.54) is 6.33 Å². The van der Waals surface area contributed by atoms with Gasteiger partial charge in [-0.1, -0.05) is 18.5 Å². The summed E-state index contributed by atoms with van der Waals surface area (Å²) in [7, 11) is -0.793. The van der Waals surface area contributed by atoms with Crippen LogP contribution in [0, 0.1) is 0 Å². The molecule has 7 heteroatoms. The van der Waals surface area contributed by atoms with Crippen LogP contribution in [0.4, 0.5) is 11.6 Å². The molecule has 1 aromatic heterocycles. The third-order valence-corrected chi connectivity index (χ3v) is 3.44. The number of anilines is 2. The van der Waals surface area contributed by atoms with Gasteiger partial charge in [0.05, 0.1) is 0 Å². The van der Waals surface area contributed by atoms with Crippen LogP contribution in [-0.2, 0) is 10.8 Å². The van der Waals surface area contributed by atoms with Gasteiger partial charge in [-0.2, -0.15) is 0 Å². The topological polar surface area (TPSA) is 80.9 Å². The standard InChI is InChI=1S/C8H13ClN4OS/c1-2-15(14)4-3-11-8-6(9)7(10)12-5-13-8/h5H,2-4H2,1H3,(H3,10,11,12,13). The van der Waals surface area contributed by atoms with Gasteiger partial charge in [0.25, 0.3) is 0 Å². The van der Waals surface area contributed by atoms with Crippen LogP contribution in [0.2, 0.25) is 5.02 Å². The molecule has 1 unspecified atom stereocenters. The van der Waals surface area contributed by atoms with Crippen molar-refractivity contribution in [3.05, 3.63) is 11.3 Å². The van der Waals surface area contributed by atoms with Gasteiger partial charge in [0.1, 0.15) is 23.0 Å². The summed E-state index contributed by atoms with van der Waals surface area (Å²) in [6.07, 6.45) is 1.33. The predicted molar refractivity (Wildman–Crippen MR) is 63.5 cm³/mol. The molecule has 0 spiro atoms. The van der Waals surface area contributed by atoms with Crippen LogP contribution in [0.25, 0.3) is 0 Å². The fourth-order valence-electron chi connectivity index (χ4n) is 0.934. The van der Waals surface area contributed by atoms with Crippen molar-refractivity contribution in [2.24, 2.45) is 0 Å². The Kier molecular flexibility index (Phi) is 4.77. The summed E-state index contributed by atoms with van der Waals surface area (Å²) in [4.78, 5) is 7.66. The molecule has 1 rings (SSSR count). The molecule has 15 heavy (non-hydrogen) atoms. The average Bonchev–Trinajstić information content (AvgIpc) is 2.24. The first-order valence-corrected chi connectivity index (χ1v) is 6.36. The molecule has 0 radical (unpaired) electrons. The minimum absolute atomic E-state index is 0.241. The molecule has 84 valence electrons. The van der Waals surface area contributed by atoms with Crippen LogP contribution in [0.3, 0.4) is 0 Å². The van der Waals surface area contributed by atoms with Crippen molar-refractivity contribution in [3.8, 4) is 0 Å². The third kappa shape index (κ3) is 3.64. The van der Waals surface area contributed by atoms with E-state index in [0.29, 0.717) is 28.9 Å². The molecule has 1 aromatic rings. The van der Waals surface area contributed by atoms with Gasteiger partial charge in [0.2, 0.25) is 0 Å². The van der Waals surface area contributed by atoms with E-state index < -0.39 is 10.8 Å². The second-order valence-corrected chi connectivity index (χ2v) is 5.02. The van der Waals surface area contributed by atoms with Crippen LogP contribution in [0.5, 0.6) is 0 Å². The SMILES string of the molecule is CCS(=O)CCNc1ncnc(N)c1Cl. The fraction of sp³-hybridized carbons (Fsp3) is 0.500. The summed E-state index contributed by atoms with van der Waals surface area (Å²) < 4.78 is 11.1. The van der Waals surface area contributed by atoms with E-state index in [-0.39, 0.29) is 5.82 Å². The molecule has 0 aliphatic heterocycles. The van der Waals surface area contributed by atoms with Crippen LogP contribution in [0.1, 0.15) is 6.92 Å². The lowest BCUT2D eigenvalue weighted by Crippen LogP contribution is -2.13. The zero-order valence-corrected chi connectivity index (χ0v) is 9.94.